The van der Waals surface area contributed by atoms with E-state index in [2.05, 4.69) is 18.8 Å². The first-order chi connectivity index (χ1) is 19.1. The van der Waals surface area contributed by atoms with Crippen molar-refractivity contribution in [3.05, 3.63) is 107 Å². The molecular weight excluding hydrogens is 482 g/mol. The Morgan fingerprint density at radius 3 is 2.26 bits per heavy atom. The summed E-state index contributed by atoms with van der Waals surface area (Å²) in [6, 6.07) is 25.4. The molecule has 0 saturated heterocycles. The van der Waals surface area contributed by atoms with E-state index in [0.29, 0.717) is 30.6 Å². The third-order valence-electron chi connectivity index (χ3n) is 6.59. The van der Waals surface area contributed by atoms with Gasteiger partial charge in [-0.3, -0.25) is 4.79 Å². The standard InChI is InChI=1S/C35H39NO3/c1-2-3-4-5-6-7-8-10-17-30-20-22-31(23-21-30)28-36(34(37)26-24-29-15-11-9-12-16-29)33-19-14-13-18-32(33)25-27-35(38)39/h9,11-16,18-23,25,27H,2-8,24,26,28H2,1H3,(H,38,39). The largest absolute Gasteiger partial charge is 0.478 e. The minimum atomic E-state index is -1.03. The molecule has 4 nitrogen and oxygen atoms in total. The Labute approximate surface area is 233 Å². The fourth-order valence-corrected chi connectivity index (χ4v) is 4.41. The van der Waals surface area contributed by atoms with E-state index in [9.17, 15) is 9.59 Å². The van der Waals surface area contributed by atoms with Gasteiger partial charge in [0.1, 0.15) is 0 Å². The summed E-state index contributed by atoms with van der Waals surface area (Å²) in [6.45, 7) is 2.62. The smallest absolute Gasteiger partial charge is 0.328 e. The molecule has 0 aliphatic heterocycles. The highest BCUT2D eigenvalue weighted by Gasteiger charge is 2.18. The number of carboxylic acid groups (broad SMARTS) is 1. The fourth-order valence-electron chi connectivity index (χ4n) is 4.41. The zero-order valence-electron chi connectivity index (χ0n) is 22.9. The van der Waals surface area contributed by atoms with Gasteiger partial charge in [-0.25, -0.2) is 4.79 Å². The number of amides is 1. The number of aliphatic carboxylic acids is 1. The normalized spacial score (nSPS) is 10.7. The number of nitrogens with zero attached hydrogens (tertiary/aromatic N) is 1. The molecule has 0 bridgehead atoms. The molecule has 0 aliphatic carbocycles. The number of carbonyl (C=O) groups is 2. The molecule has 4 heteroatoms. The first-order valence-corrected chi connectivity index (χ1v) is 14.0. The van der Waals surface area contributed by atoms with Crippen molar-refractivity contribution >= 4 is 23.6 Å². The van der Waals surface area contributed by atoms with Crippen molar-refractivity contribution in [2.75, 3.05) is 4.90 Å². The highest BCUT2D eigenvalue weighted by Crippen LogP contribution is 2.25. The van der Waals surface area contributed by atoms with Crippen LogP contribution in [0.25, 0.3) is 6.08 Å². The van der Waals surface area contributed by atoms with Crippen molar-refractivity contribution < 1.29 is 14.7 Å². The number of aryl methyl sites for hydroxylation is 1. The average Bonchev–Trinajstić information content (AvgIpc) is 2.96. The van der Waals surface area contributed by atoms with E-state index in [1.54, 1.807) is 4.90 Å². The Bertz CT molecular complexity index is 1270. The Morgan fingerprint density at radius 2 is 1.51 bits per heavy atom. The topological polar surface area (TPSA) is 57.6 Å². The molecule has 0 saturated carbocycles. The fraction of sp³-hybridized carbons (Fsp3) is 0.314. The third kappa shape index (κ3) is 10.7. The second-order valence-electron chi connectivity index (χ2n) is 9.71. The van der Waals surface area contributed by atoms with Crippen LogP contribution in [0, 0.1) is 11.8 Å². The minimum absolute atomic E-state index is 0.0159. The average molecular weight is 522 g/mol. The van der Waals surface area contributed by atoms with Crippen LogP contribution in [0.3, 0.4) is 0 Å². The number of benzene rings is 3. The summed E-state index contributed by atoms with van der Waals surface area (Å²) in [6.07, 6.45) is 12.1. The molecule has 202 valence electrons. The molecule has 1 amide bonds. The number of rotatable bonds is 14. The molecule has 0 aromatic heterocycles. The van der Waals surface area contributed by atoms with Gasteiger partial charge < -0.3 is 10.0 Å². The SMILES string of the molecule is CCCCCCCCC#Cc1ccc(CN(C(=O)CCc2ccccc2)c2ccccc2C=CC(=O)O)cc1. The van der Waals surface area contributed by atoms with E-state index in [1.807, 2.05) is 78.9 Å². The lowest BCUT2D eigenvalue weighted by atomic mass is 10.1. The highest BCUT2D eigenvalue weighted by molar-refractivity contribution is 5.96. The van der Waals surface area contributed by atoms with E-state index in [4.69, 9.17) is 5.11 Å². The van der Waals surface area contributed by atoms with Crippen molar-refractivity contribution in [1.29, 1.82) is 0 Å². The molecule has 3 aromatic carbocycles. The molecule has 0 heterocycles. The Morgan fingerprint density at radius 1 is 0.821 bits per heavy atom. The number of carboxylic acids is 1. The van der Waals surface area contributed by atoms with E-state index >= 15 is 0 Å². The second kappa shape index (κ2) is 16.7. The summed E-state index contributed by atoms with van der Waals surface area (Å²) >= 11 is 0. The van der Waals surface area contributed by atoms with E-state index in [-0.39, 0.29) is 5.91 Å². The van der Waals surface area contributed by atoms with Crippen LogP contribution >= 0.6 is 0 Å². The van der Waals surface area contributed by atoms with Crippen LogP contribution in [-0.4, -0.2) is 17.0 Å². The lowest BCUT2D eigenvalue weighted by Gasteiger charge is -2.25. The predicted octanol–water partition coefficient (Wildman–Crippen LogP) is 8.05. The molecule has 0 unspecified atom stereocenters. The minimum Gasteiger partial charge on any atom is -0.478 e. The van der Waals surface area contributed by atoms with Crippen LogP contribution in [0.15, 0.2) is 84.9 Å². The van der Waals surface area contributed by atoms with Crippen LogP contribution in [0.5, 0.6) is 0 Å². The summed E-state index contributed by atoms with van der Waals surface area (Å²) in [7, 11) is 0. The summed E-state index contributed by atoms with van der Waals surface area (Å²) in [5, 5.41) is 9.14. The lowest BCUT2D eigenvalue weighted by molar-refractivity contribution is -0.131. The first-order valence-electron chi connectivity index (χ1n) is 14.0. The molecule has 3 rings (SSSR count). The van der Waals surface area contributed by atoms with Crippen molar-refractivity contribution in [2.24, 2.45) is 0 Å². The van der Waals surface area contributed by atoms with Gasteiger partial charge in [-0.15, -0.1) is 0 Å². The highest BCUT2D eigenvalue weighted by atomic mass is 16.4. The summed E-state index contributed by atoms with van der Waals surface area (Å²) in [5.41, 5.74) is 4.44. The quantitative estimate of drug-likeness (QED) is 0.133. The molecule has 0 atom stereocenters. The number of unbranched alkanes of at least 4 members (excludes halogenated alkanes) is 6. The maximum Gasteiger partial charge on any atom is 0.328 e. The number of carbonyl (C=O) groups excluding carboxylic acids is 1. The molecule has 39 heavy (non-hydrogen) atoms. The van der Waals surface area contributed by atoms with Crippen molar-refractivity contribution in [3.8, 4) is 11.8 Å². The third-order valence-corrected chi connectivity index (χ3v) is 6.59. The predicted molar refractivity (Wildman–Crippen MR) is 160 cm³/mol. The molecule has 0 aliphatic rings. The lowest BCUT2D eigenvalue weighted by Crippen LogP contribution is -2.31. The molecular formula is C35H39NO3. The summed E-state index contributed by atoms with van der Waals surface area (Å²) in [4.78, 5) is 26.4. The van der Waals surface area contributed by atoms with Gasteiger partial charge in [-0.2, -0.15) is 0 Å². The van der Waals surface area contributed by atoms with Crippen LogP contribution in [0.1, 0.15) is 80.5 Å². The van der Waals surface area contributed by atoms with Gasteiger partial charge in [0, 0.05) is 24.5 Å². The monoisotopic (exact) mass is 521 g/mol. The van der Waals surface area contributed by atoms with Gasteiger partial charge in [0.05, 0.1) is 12.2 Å². The number of hydrogen-bond donors (Lipinski definition) is 1. The van der Waals surface area contributed by atoms with Crippen LogP contribution in [-0.2, 0) is 22.6 Å². The van der Waals surface area contributed by atoms with Gasteiger partial charge in [-0.05, 0) is 53.8 Å². The number of hydrogen-bond acceptors (Lipinski definition) is 2. The van der Waals surface area contributed by atoms with E-state index in [0.717, 1.165) is 35.6 Å². The van der Waals surface area contributed by atoms with E-state index in [1.165, 1.54) is 38.2 Å². The number of para-hydroxylation sites is 1. The zero-order valence-corrected chi connectivity index (χ0v) is 22.9. The van der Waals surface area contributed by atoms with Gasteiger partial charge in [0.15, 0.2) is 0 Å². The van der Waals surface area contributed by atoms with Crippen LogP contribution in [0.2, 0.25) is 0 Å². The van der Waals surface area contributed by atoms with Gasteiger partial charge in [0.2, 0.25) is 5.91 Å². The summed E-state index contributed by atoms with van der Waals surface area (Å²) < 4.78 is 0. The van der Waals surface area contributed by atoms with E-state index < -0.39 is 5.97 Å². The zero-order chi connectivity index (χ0) is 27.7. The van der Waals surface area contributed by atoms with Crippen LogP contribution < -0.4 is 4.90 Å². The maximum atomic E-state index is 13.5. The Kier molecular flexibility index (Phi) is 12.6. The second-order valence-corrected chi connectivity index (χ2v) is 9.71. The molecule has 3 aromatic rings. The Balaban J connectivity index is 1.72. The number of anilines is 1. The Hall–Kier alpha value is -4.10. The molecule has 0 fully saturated rings. The molecule has 1 N–H and O–H groups in total. The van der Waals surface area contributed by atoms with Gasteiger partial charge in [0.25, 0.3) is 0 Å². The molecule has 0 spiro atoms. The summed E-state index contributed by atoms with van der Waals surface area (Å²) in [5.74, 6) is 5.51. The molecule has 0 radical (unpaired) electrons. The van der Waals surface area contributed by atoms with Gasteiger partial charge >= 0.3 is 5.97 Å². The van der Waals surface area contributed by atoms with Crippen molar-refractivity contribution in [2.45, 2.75) is 71.3 Å². The first kappa shape index (κ1) is 29.5. The maximum absolute atomic E-state index is 13.5. The van der Waals surface area contributed by atoms with Crippen LogP contribution in [0.4, 0.5) is 5.69 Å². The van der Waals surface area contributed by atoms with Crippen molar-refractivity contribution in [1.82, 2.24) is 0 Å². The van der Waals surface area contributed by atoms with Gasteiger partial charge in [-0.1, -0.05) is 112 Å². The van der Waals surface area contributed by atoms with Crippen molar-refractivity contribution in [3.63, 3.8) is 0 Å².